The van der Waals surface area contributed by atoms with Gasteiger partial charge in [0.25, 0.3) is 10.0 Å². The van der Waals surface area contributed by atoms with Crippen LogP contribution >= 0.6 is 0 Å². The Kier molecular flexibility index (Phi) is 3.05. The van der Waals surface area contributed by atoms with E-state index in [1.54, 1.807) is 6.07 Å². The fraction of sp³-hybridized carbons (Fsp3) is 0.600. The number of hydrogen-bond acceptors (Lipinski definition) is 4. The molecule has 1 N–H and O–H groups in total. The summed E-state index contributed by atoms with van der Waals surface area (Å²) in [6, 6.07) is 3.19. The van der Waals surface area contributed by atoms with Crippen molar-refractivity contribution < 1.29 is 12.8 Å². The highest BCUT2D eigenvalue weighted by atomic mass is 32.2. The molecule has 1 saturated heterocycles. The summed E-state index contributed by atoms with van der Waals surface area (Å²) in [5.41, 5.74) is 0. The Morgan fingerprint density at radius 2 is 2.25 bits per heavy atom. The third-order valence-corrected chi connectivity index (χ3v) is 4.63. The largest absolute Gasteiger partial charge is 0.452 e. The van der Waals surface area contributed by atoms with Crippen LogP contribution in [0.5, 0.6) is 0 Å². The van der Waals surface area contributed by atoms with Gasteiger partial charge in [-0.05, 0) is 26.0 Å². The van der Waals surface area contributed by atoms with E-state index in [1.165, 1.54) is 16.6 Å². The molecule has 2 unspecified atom stereocenters. The lowest BCUT2D eigenvalue weighted by Crippen LogP contribution is -2.56. The summed E-state index contributed by atoms with van der Waals surface area (Å²) in [7, 11) is -3.47. The topological polar surface area (TPSA) is 62.6 Å². The number of hydrogen-bond donors (Lipinski definition) is 1. The van der Waals surface area contributed by atoms with Crippen LogP contribution in [0, 0.1) is 0 Å². The average Bonchev–Trinajstić information content (AvgIpc) is 2.75. The first kappa shape index (κ1) is 11.6. The van der Waals surface area contributed by atoms with Crippen molar-refractivity contribution in [1.29, 1.82) is 0 Å². The molecule has 2 heterocycles. The van der Waals surface area contributed by atoms with E-state index in [-0.39, 0.29) is 17.2 Å². The zero-order valence-corrected chi connectivity index (χ0v) is 10.2. The maximum absolute atomic E-state index is 12.2. The zero-order valence-electron chi connectivity index (χ0n) is 9.38. The molecule has 6 heteroatoms. The lowest BCUT2D eigenvalue weighted by atomic mass is 10.2. The standard InChI is InChI=1S/C10H16N2O3S/c1-8-7-12(9(2)6-11-8)16(13,14)10-4-3-5-15-10/h3-5,8-9,11H,6-7H2,1-2H3. The molecule has 2 rings (SSSR count). The van der Waals surface area contributed by atoms with Crippen LogP contribution in [0.25, 0.3) is 0 Å². The summed E-state index contributed by atoms with van der Waals surface area (Å²) in [4.78, 5) is 0. The molecule has 1 aliphatic heterocycles. The molecule has 0 aliphatic carbocycles. The number of nitrogens with zero attached hydrogens (tertiary/aromatic N) is 1. The summed E-state index contributed by atoms with van der Waals surface area (Å²) < 4.78 is 30.9. The predicted octanol–water partition coefficient (Wildman–Crippen LogP) is 0.651. The Balaban J connectivity index is 2.29. The van der Waals surface area contributed by atoms with E-state index in [0.717, 1.165) is 0 Å². The fourth-order valence-electron chi connectivity index (χ4n) is 1.85. The van der Waals surface area contributed by atoms with Crippen LogP contribution in [-0.4, -0.2) is 37.9 Å². The van der Waals surface area contributed by atoms with Gasteiger partial charge in [0.15, 0.2) is 0 Å². The van der Waals surface area contributed by atoms with E-state index in [2.05, 4.69) is 5.32 Å². The van der Waals surface area contributed by atoms with Gasteiger partial charge in [-0.25, -0.2) is 8.42 Å². The molecule has 0 bridgehead atoms. The van der Waals surface area contributed by atoms with E-state index in [9.17, 15) is 8.42 Å². The predicted molar refractivity (Wildman–Crippen MR) is 59.5 cm³/mol. The summed E-state index contributed by atoms with van der Waals surface area (Å²) >= 11 is 0. The van der Waals surface area contributed by atoms with Crippen molar-refractivity contribution in [3.8, 4) is 0 Å². The molecule has 0 aromatic carbocycles. The van der Waals surface area contributed by atoms with E-state index in [0.29, 0.717) is 13.1 Å². The summed E-state index contributed by atoms with van der Waals surface area (Å²) in [6.45, 7) is 5.00. The molecule has 1 aliphatic rings. The monoisotopic (exact) mass is 244 g/mol. The van der Waals surface area contributed by atoms with Gasteiger partial charge in [-0.2, -0.15) is 4.31 Å². The van der Waals surface area contributed by atoms with Crippen molar-refractivity contribution in [1.82, 2.24) is 9.62 Å². The van der Waals surface area contributed by atoms with Gasteiger partial charge in [-0.3, -0.25) is 0 Å². The van der Waals surface area contributed by atoms with Crippen molar-refractivity contribution in [2.24, 2.45) is 0 Å². The second-order valence-corrected chi connectivity index (χ2v) is 5.99. The van der Waals surface area contributed by atoms with Gasteiger partial charge in [0.1, 0.15) is 0 Å². The minimum Gasteiger partial charge on any atom is -0.452 e. The van der Waals surface area contributed by atoms with Crippen LogP contribution in [0.4, 0.5) is 0 Å². The van der Waals surface area contributed by atoms with Crippen LogP contribution in [0.1, 0.15) is 13.8 Å². The Hall–Kier alpha value is -0.850. The zero-order chi connectivity index (χ0) is 11.8. The summed E-state index contributed by atoms with van der Waals surface area (Å²) in [5, 5.41) is 3.26. The lowest BCUT2D eigenvalue weighted by molar-refractivity contribution is 0.239. The van der Waals surface area contributed by atoms with Gasteiger partial charge < -0.3 is 9.73 Å². The number of rotatable bonds is 2. The Bertz CT molecular complexity index is 441. The minimum atomic E-state index is -3.47. The second-order valence-electron chi connectivity index (χ2n) is 4.17. The molecule has 0 saturated carbocycles. The maximum Gasteiger partial charge on any atom is 0.276 e. The summed E-state index contributed by atoms with van der Waals surface area (Å²) in [5.74, 6) is 0. The highest BCUT2D eigenvalue weighted by molar-refractivity contribution is 7.89. The number of nitrogens with one attached hydrogen (secondary N) is 1. The number of furan rings is 1. The van der Waals surface area contributed by atoms with Crippen LogP contribution in [0.2, 0.25) is 0 Å². The normalized spacial score (nSPS) is 28.1. The van der Waals surface area contributed by atoms with Gasteiger partial charge in [0, 0.05) is 25.2 Å². The van der Waals surface area contributed by atoms with Crippen molar-refractivity contribution in [3.63, 3.8) is 0 Å². The average molecular weight is 244 g/mol. The molecule has 16 heavy (non-hydrogen) atoms. The molecule has 2 atom stereocenters. The highest BCUT2D eigenvalue weighted by Crippen LogP contribution is 2.20. The van der Waals surface area contributed by atoms with Crippen LogP contribution in [-0.2, 0) is 10.0 Å². The fourth-order valence-corrected chi connectivity index (χ4v) is 3.48. The van der Waals surface area contributed by atoms with Crippen molar-refractivity contribution in [2.45, 2.75) is 31.0 Å². The molecule has 1 aromatic heterocycles. The quantitative estimate of drug-likeness (QED) is 0.829. The number of sulfonamides is 1. The van der Waals surface area contributed by atoms with E-state index < -0.39 is 10.0 Å². The minimum absolute atomic E-state index is 0.0217. The smallest absolute Gasteiger partial charge is 0.276 e. The first-order valence-electron chi connectivity index (χ1n) is 5.30. The van der Waals surface area contributed by atoms with E-state index in [1.807, 2.05) is 13.8 Å². The molecule has 1 aromatic rings. The lowest BCUT2D eigenvalue weighted by Gasteiger charge is -2.35. The van der Waals surface area contributed by atoms with Crippen molar-refractivity contribution in [3.05, 3.63) is 18.4 Å². The van der Waals surface area contributed by atoms with Gasteiger partial charge in [-0.1, -0.05) is 0 Å². The van der Waals surface area contributed by atoms with Gasteiger partial charge in [0.2, 0.25) is 5.09 Å². The van der Waals surface area contributed by atoms with Gasteiger partial charge in [-0.15, -0.1) is 0 Å². The van der Waals surface area contributed by atoms with Gasteiger partial charge in [0.05, 0.1) is 6.26 Å². The van der Waals surface area contributed by atoms with Crippen LogP contribution in [0.15, 0.2) is 27.9 Å². The Morgan fingerprint density at radius 3 is 2.88 bits per heavy atom. The first-order chi connectivity index (χ1) is 7.51. The Morgan fingerprint density at radius 1 is 1.50 bits per heavy atom. The van der Waals surface area contributed by atoms with Crippen molar-refractivity contribution in [2.75, 3.05) is 13.1 Å². The van der Waals surface area contributed by atoms with Crippen molar-refractivity contribution >= 4 is 10.0 Å². The molecule has 1 fully saturated rings. The highest BCUT2D eigenvalue weighted by Gasteiger charge is 2.34. The SMILES string of the molecule is CC1CN(S(=O)(=O)c2ccco2)C(C)CN1. The van der Waals surface area contributed by atoms with Crippen LogP contribution in [0.3, 0.4) is 0 Å². The third-order valence-electron chi connectivity index (χ3n) is 2.77. The second kappa shape index (κ2) is 4.20. The molecule has 90 valence electrons. The maximum atomic E-state index is 12.2. The molecule has 0 radical (unpaired) electrons. The van der Waals surface area contributed by atoms with Gasteiger partial charge >= 0.3 is 0 Å². The Labute approximate surface area is 95.5 Å². The molecule has 5 nitrogen and oxygen atoms in total. The van der Waals surface area contributed by atoms with E-state index >= 15 is 0 Å². The first-order valence-corrected chi connectivity index (χ1v) is 6.74. The summed E-state index contributed by atoms with van der Waals surface area (Å²) in [6.07, 6.45) is 1.38. The molecular weight excluding hydrogens is 228 g/mol. The number of piperazine rings is 1. The molecule has 0 amide bonds. The van der Waals surface area contributed by atoms with Crippen LogP contribution < -0.4 is 5.32 Å². The third kappa shape index (κ3) is 2.00. The molecular formula is C10H16N2O3S. The van der Waals surface area contributed by atoms with E-state index in [4.69, 9.17) is 4.42 Å². The molecule has 0 spiro atoms.